The second-order valence-corrected chi connectivity index (χ2v) is 12.3. The van der Waals surface area contributed by atoms with E-state index in [0.717, 1.165) is 55.7 Å². The lowest BCUT2D eigenvalue weighted by Gasteiger charge is -2.34. The highest BCUT2D eigenvalue weighted by Crippen LogP contribution is 2.31. The van der Waals surface area contributed by atoms with E-state index in [9.17, 15) is 14.4 Å². The smallest absolute Gasteiger partial charge is 0.251 e. The molecule has 2 aromatic rings. The molecule has 234 valence electrons. The van der Waals surface area contributed by atoms with Gasteiger partial charge >= 0.3 is 0 Å². The fourth-order valence-electron chi connectivity index (χ4n) is 6.00. The van der Waals surface area contributed by atoms with Crippen LogP contribution in [0.2, 0.25) is 0 Å². The Hall–Kier alpha value is -2.90. The van der Waals surface area contributed by atoms with Gasteiger partial charge in [0, 0.05) is 62.9 Å². The van der Waals surface area contributed by atoms with Crippen LogP contribution in [0.15, 0.2) is 29.6 Å². The van der Waals surface area contributed by atoms with Gasteiger partial charge in [0.15, 0.2) is 10.9 Å². The molecule has 0 radical (unpaired) electrons. The van der Waals surface area contributed by atoms with Crippen molar-refractivity contribution >= 4 is 34.1 Å². The van der Waals surface area contributed by atoms with Gasteiger partial charge in [-0.3, -0.25) is 19.3 Å². The van der Waals surface area contributed by atoms with Crippen molar-refractivity contribution in [2.45, 2.75) is 51.5 Å². The third-order valence-electron chi connectivity index (χ3n) is 8.76. The first-order valence-electron chi connectivity index (χ1n) is 15.2. The zero-order chi connectivity index (χ0) is 30.5. The SMILES string of the molecule is CCO[C@H]1CN(C(=O)[C@@H](NC(=O)c2ccc(-c3csc(N4CCN(CCOC)CC4)n3)cc2)[C@@H](C)CC)[C@@H]2C(=O)CO[C@@H]12. The third-order valence-corrected chi connectivity index (χ3v) is 9.66. The molecule has 1 aromatic heterocycles. The van der Waals surface area contributed by atoms with Gasteiger partial charge in [0.2, 0.25) is 5.91 Å². The van der Waals surface area contributed by atoms with E-state index in [1.54, 1.807) is 35.5 Å². The Balaban J connectivity index is 1.23. The average molecular weight is 614 g/mol. The van der Waals surface area contributed by atoms with E-state index in [-0.39, 0.29) is 42.8 Å². The van der Waals surface area contributed by atoms with Crippen LogP contribution in [-0.2, 0) is 23.8 Å². The minimum absolute atomic E-state index is 0.0264. The molecule has 11 nitrogen and oxygen atoms in total. The Morgan fingerprint density at radius 3 is 2.58 bits per heavy atom. The number of amides is 2. The molecule has 5 atom stereocenters. The number of benzene rings is 1. The van der Waals surface area contributed by atoms with Crippen molar-refractivity contribution in [2.75, 3.05) is 71.1 Å². The molecule has 1 N–H and O–H groups in total. The number of hydrogen-bond donors (Lipinski definition) is 1. The highest BCUT2D eigenvalue weighted by Gasteiger charge is 2.54. The number of Topliss-reactive ketones (excluding diaryl/α,β-unsaturated/α-hetero) is 1. The number of nitrogens with one attached hydrogen (secondary N) is 1. The van der Waals surface area contributed by atoms with E-state index >= 15 is 0 Å². The Morgan fingerprint density at radius 1 is 1.16 bits per heavy atom. The lowest BCUT2D eigenvalue weighted by Crippen LogP contribution is -2.54. The van der Waals surface area contributed by atoms with Gasteiger partial charge in [0.25, 0.3) is 5.91 Å². The number of anilines is 1. The van der Waals surface area contributed by atoms with E-state index in [1.807, 2.05) is 38.3 Å². The Kier molecular flexibility index (Phi) is 10.5. The van der Waals surface area contributed by atoms with Crippen LogP contribution in [0.3, 0.4) is 0 Å². The molecule has 0 aliphatic carbocycles. The molecular formula is C31H43N5O6S. The first kappa shape index (κ1) is 31.5. The minimum atomic E-state index is -0.775. The van der Waals surface area contributed by atoms with E-state index in [2.05, 4.69) is 15.1 Å². The molecule has 0 saturated carbocycles. The highest BCUT2D eigenvalue weighted by atomic mass is 32.1. The van der Waals surface area contributed by atoms with Crippen molar-refractivity contribution in [3.63, 3.8) is 0 Å². The van der Waals surface area contributed by atoms with Crippen LogP contribution in [0.25, 0.3) is 11.3 Å². The summed E-state index contributed by atoms with van der Waals surface area (Å²) < 4.78 is 16.7. The molecule has 4 heterocycles. The van der Waals surface area contributed by atoms with Crippen LogP contribution in [0.4, 0.5) is 5.13 Å². The Bertz CT molecular complexity index is 1260. The number of thiazole rings is 1. The summed E-state index contributed by atoms with van der Waals surface area (Å²) >= 11 is 1.63. The lowest BCUT2D eigenvalue weighted by molar-refractivity contribution is -0.139. The fraction of sp³-hybridized carbons (Fsp3) is 0.613. The van der Waals surface area contributed by atoms with Gasteiger partial charge in [-0.1, -0.05) is 32.4 Å². The topological polar surface area (TPSA) is 114 Å². The van der Waals surface area contributed by atoms with Crippen molar-refractivity contribution in [3.05, 3.63) is 35.2 Å². The van der Waals surface area contributed by atoms with Crippen LogP contribution in [0, 0.1) is 5.92 Å². The zero-order valence-corrected chi connectivity index (χ0v) is 26.3. The Labute approximate surface area is 257 Å². The zero-order valence-electron chi connectivity index (χ0n) is 25.5. The molecule has 0 spiro atoms. The van der Waals surface area contributed by atoms with E-state index in [1.165, 1.54) is 0 Å². The summed E-state index contributed by atoms with van der Waals surface area (Å²) in [6, 6.07) is 5.87. The first-order valence-corrected chi connectivity index (χ1v) is 16.1. The normalized spacial score (nSPS) is 23.8. The van der Waals surface area contributed by atoms with Gasteiger partial charge in [0.05, 0.1) is 18.8 Å². The predicted molar refractivity (Wildman–Crippen MR) is 164 cm³/mol. The molecule has 0 bridgehead atoms. The van der Waals surface area contributed by atoms with E-state index < -0.39 is 18.2 Å². The number of fused-ring (bicyclic) bond motifs is 1. The molecule has 43 heavy (non-hydrogen) atoms. The quantitative estimate of drug-likeness (QED) is 0.385. The number of hydrogen-bond acceptors (Lipinski definition) is 10. The number of methoxy groups -OCH3 is 1. The molecular weight excluding hydrogens is 570 g/mol. The third kappa shape index (κ3) is 6.93. The monoisotopic (exact) mass is 613 g/mol. The van der Waals surface area contributed by atoms with Gasteiger partial charge in [0.1, 0.15) is 30.9 Å². The van der Waals surface area contributed by atoms with E-state index in [4.69, 9.17) is 19.2 Å². The maximum absolute atomic E-state index is 13.8. The van der Waals surface area contributed by atoms with Crippen molar-refractivity contribution in [3.8, 4) is 11.3 Å². The summed E-state index contributed by atoms with van der Waals surface area (Å²) in [5.41, 5.74) is 2.26. The van der Waals surface area contributed by atoms with Crippen molar-refractivity contribution in [1.82, 2.24) is 20.1 Å². The number of piperazine rings is 1. The maximum Gasteiger partial charge on any atom is 0.251 e. The van der Waals surface area contributed by atoms with Crippen LogP contribution in [0.1, 0.15) is 37.6 Å². The summed E-state index contributed by atoms with van der Waals surface area (Å²) in [6.45, 7) is 12.0. The van der Waals surface area contributed by atoms with Crippen LogP contribution < -0.4 is 10.2 Å². The molecule has 3 saturated heterocycles. The lowest BCUT2D eigenvalue weighted by atomic mass is 9.96. The molecule has 3 fully saturated rings. The highest BCUT2D eigenvalue weighted by molar-refractivity contribution is 7.14. The van der Waals surface area contributed by atoms with Gasteiger partial charge in [-0.25, -0.2) is 4.98 Å². The summed E-state index contributed by atoms with van der Waals surface area (Å²) in [6.07, 6.45) is -0.137. The summed E-state index contributed by atoms with van der Waals surface area (Å²) in [5, 5.41) is 6.02. The van der Waals surface area contributed by atoms with E-state index in [0.29, 0.717) is 18.6 Å². The predicted octanol–water partition coefficient (Wildman–Crippen LogP) is 2.31. The number of likely N-dealkylation sites (tertiary alicyclic amines) is 1. The molecule has 2 amide bonds. The average Bonchev–Trinajstić information content (AvgIpc) is 3.76. The standard InChI is InChI=1S/C31H43N5O6S/c1-5-20(3)26(30(39)36-17-25(41-6-2)28-27(36)24(37)18-42-28)33-29(38)22-9-7-21(8-10-22)23-19-43-31(32-23)35-13-11-34(12-14-35)15-16-40-4/h7-10,19-20,25-28H,5-6,11-18H2,1-4H3,(H,33,38)/t20-,25-,26-,27+,28-/m0/s1. The van der Waals surface area contributed by atoms with Gasteiger partial charge in [-0.05, 0) is 25.0 Å². The molecule has 3 aliphatic rings. The first-order chi connectivity index (χ1) is 20.8. The molecule has 3 aliphatic heterocycles. The number of rotatable bonds is 12. The summed E-state index contributed by atoms with van der Waals surface area (Å²) in [4.78, 5) is 51.0. The largest absolute Gasteiger partial charge is 0.383 e. The van der Waals surface area contributed by atoms with Crippen molar-refractivity contribution in [1.29, 1.82) is 0 Å². The number of nitrogens with zero attached hydrogens (tertiary/aromatic N) is 4. The Morgan fingerprint density at radius 2 is 1.91 bits per heavy atom. The minimum Gasteiger partial charge on any atom is -0.383 e. The number of ether oxygens (including phenoxy) is 3. The van der Waals surface area contributed by atoms with Crippen LogP contribution in [0.5, 0.6) is 0 Å². The number of carbonyl (C=O) groups is 3. The summed E-state index contributed by atoms with van der Waals surface area (Å²) in [7, 11) is 1.73. The maximum atomic E-state index is 13.8. The van der Waals surface area contributed by atoms with Crippen LogP contribution in [-0.4, -0.2) is 123 Å². The second kappa shape index (κ2) is 14.3. The van der Waals surface area contributed by atoms with Gasteiger partial charge in [-0.15, -0.1) is 11.3 Å². The van der Waals surface area contributed by atoms with Gasteiger partial charge in [-0.2, -0.15) is 0 Å². The summed E-state index contributed by atoms with van der Waals surface area (Å²) in [5.74, 6) is -0.862. The fourth-order valence-corrected chi connectivity index (χ4v) is 6.89. The van der Waals surface area contributed by atoms with Crippen molar-refractivity contribution in [2.24, 2.45) is 5.92 Å². The number of ketones is 1. The van der Waals surface area contributed by atoms with Crippen molar-refractivity contribution < 1.29 is 28.6 Å². The molecule has 12 heteroatoms. The van der Waals surface area contributed by atoms with Crippen LogP contribution >= 0.6 is 11.3 Å². The molecule has 1 aromatic carbocycles. The van der Waals surface area contributed by atoms with Gasteiger partial charge < -0.3 is 29.3 Å². The molecule has 0 unspecified atom stereocenters. The number of carbonyl (C=O) groups excluding carboxylic acids is 3. The molecule has 5 rings (SSSR count). The second-order valence-electron chi connectivity index (χ2n) is 11.4. The number of aromatic nitrogens is 1.